The highest BCUT2D eigenvalue weighted by Crippen LogP contribution is 2.32. The fourth-order valence-corrected chi connectivity index (χ4v) is 3.68. The molecule has 0 saturated carbocycles. The zero-order valence-corrected chi connectivity index (χ0v) is 11.2. The maximum Gasteiger partial charge on any atom is 0.237 e. The molecule has 2 N–H and O–H groups in total. The van der Waals surface area contributed by atoms with Crippen LogP contribution in [-0.2, 0) is 21.2 Å². The molecule has 0 radical (unpaired) electrons. The van der Waals surface area contributed by atoms with Crippen molar-refractivity contribution in [1.29, 1.82) is 0 Å². The second-order valence-electron chi connectivity index (χ2n) is 4.33. The van der Waals surface area contributed by atoms with E-state index in [9.17, 15) is 8.42 Å². The van der Waals surface area contributed by atoms with E-state index in [1.165, 1.54) is 11.4 Å². The van der Waals surface area contributed by atoms with E-state index in [0.717, 1.165) is 24.1 Å². The number of nitrogens with two attached hydrogens (primary N) is 1. The van der Waals surface area contributed by atoms with Crippen molar-refractivity contribution in [2.45, 2.75) is 12.8 Å². The number of methoxy groups -OCH3 is 1. The third kappa shape index (κ3) is 2.44. The van der Waals surface area contributed by atoms with E-state index in [1.54, 1.807) is 6.07 Å². The Hall–Kier alpha value is -1.27. The van der Waals surface area contributed by atoms with Gasteiger partial charge in [0.25, 0.3) is 0 Å². The van der Waals surface area contributed by atoms with Crippen LogP contribution in [0.4, 0.5) is 11.4 Å². The number of benzene rings is 1. The predicted molar refractivity (Wildman–Crippen MR) is 72.2 cm³/mol. The molecule has 0 atom stereocenters. The van der Waals surface area contributed by atoms with Crippen molar-refractivity contribution in [3.63, 3.8) is 0 Å². The molecule has 0 saturated heterocycles. The molecule has 0 aliphatic carbocycles. The van der Waals surface area contributed by atoms with E-state index in [0.29, 0.717) is 12.2 Å². The number of ether oxygens (including phenoxy) is 1. The highest BCUT2D eigenvalue weighted by Gasteiger charge is 2.27. The third-order valence-electron chi connectivity index (χ3n) is 3.13. The number of anilines is 2. The highest BCUT2D eigenvalue weighted by atomic mass is 32.2. The van der Waals surface area contributed by atoms with E-state index in [4.69, 9.17) is 10.5 Å². The number of hydrogen-bond acceptors (Lipinski definition) is 4. The topological polar surface area (TPSA) is 72.6 Å². The molecular formula is C12H18N2O3S. The molecule has 0 spiro atoms. The predicted octanol–water partition coefficient (Wildman–Crippen LogP) is 0.998. The number of nitrogens with zero attached hydrogens (tertiary/aromatic N) is 1. The lowest BCUT2D eigenvalue weighted by atomic mass is 10.0. The average Bonchev–Trinajstić information content (AvgIpc) is 2.36. The van der Waals surface area contributed by atoms with Crippen molar-refractivity contribution in [3.05, 3.63) is 23.8 Å². The molecule has 1 aromatic carbocycles. The van der Waals surface area contributed by atoms with Gasteiger partial charge < -0.3 is 10.5 Å². The van der Waals surface area contributed by atoms with Crippen molar-refractivity contribution < 1.29 is 13.2 Å². The largest absolute Gasteiger partial charge is 0.398 e. The summed E-state index contributed by atoms with van der Waals surface area (Å²) in [6.07, 6.45) is 1.63. The van der Waals surface area contributed by atoms with Gasteiger partial charge in [-0.05, 0) is 30.5 Å². The first-order valence-corrected chi connectivity index (χ1v) is 7.54. The number of rotatable bonds is 4. The molecule has 1 aliphatic rings. The second-order valence-corrected chi connectivity index (χ2v) is 6.34. The van der Waals surface area contributed by atoms with Crippen LogP contribution in [-0.4, -0.2) is 34.4 Å². The minimum absolute atomic E-state index is 0.00224. The van der Waals surface area contributed by atoms with Gasteiger partial charge in [-0.1, -0.05) is 6.07 Å². The number of hydrogen-bond donors (Lipinski definition) is 1. The zero-order chi connectivity index (χ0) is 13.2. The summed E-state index contributed by atoms with van der Waals surface area (Å²) >= 11 is 0. The monoisotopic (exact) mass is 270 g/mol. The maximum atomic E-state index is 12.2. The van der Waals surface area contributed by atoms with Gasteiger partial charge in [0.15, 0.2) is 0 Å². The fraction of sp³-hybridized carbons (Fsp3) is 0.500. The Labute approximate surface area is 108 Å². The van der Waals surface area contributed by atoms with Gasteiger partial charge >= 0.3 is 0 Å². The van der Waals surface area contributed by atoms with E-state index >= 15 is 0 Å². The SMILES string of the molecule is COCCS(=O)(=O)N1CCCc2c(N)cccc21. The summed E-state index contributed by atoms with van der Waals surface area (Å²) in [5.41, 5.74) is 8.22. The Kier molecular flexibility index (Phi) is 3.77. The molecular weight excluding hydrogens is 252 g/mol. The minimum atomic E-state index is -3.32. The molecule has 100 valence electrons. The summed E-state index contributed by atoms with van der Waals surface area (Å²) < 4.78 is 30.8. The van der Waals surface area contributed by atoms with Crippen molar-refractivity contribution in [2.24, 2.45) is 0 Å². The van der Waals surface area contributed by atoms with Gasteiger partial charge in [0.2, 0.25) is 10.0 Å². The first kappa shape index (κ1) is 13.2. The maximum absolute atomic E-state index is 12.2. The van der Waals surface area contributed by atoms with E-state index in [2.05, 4.69) is 0 Å². The Morgan fingerprint density at radius 3 is 2.94 bits per heavy atom. The molecule has 0 fully saturated rings. The zero-order valence-electron chi connectivity index (χ0n) is 10.4. The summed E-state index contributed by atoms with van der Waals surface area (Å²) in [7, 11) is -1.83. The lowest BCUT2D eigenvalue weighted by Gasteiger charge is -2.31. The molecule has 0 unspecified atom stereocenters. The molecule has 1 aromatic rings. The Morgan fingerprint density at radius 1 is 1.44 bits per heavy atom. The van der Waals surface area contributed by atoms with Crippen LogP contribution < -0.4 is 10.0 Å². The van der Waals surface area contributed by atoms with Crippen LogP contribution in [0.1, 0.15) is 12.0 Å². The van der Waals surface area contributed by atoms with Gasteiger partial charge in [-0.25, -0.2) is 8.42 Å². The lowest BCUT2D eigenvalue weighted by Crippen LogP contribution is -2.38. The minimum Gasteiger partial charge on any atom is -0.398 e. The van der Waals surface area contributed by atoms with Crippen molar-refractivity contribution in [3.8, 4) is 0 Å². The Morgan fingerprint density at radius 2 is 2.22 bits per heavy atom. The van der Waals surface area contributed by atoms with Crippen molar-refractivity contribution in [1.82, 2.24) is 0 Å². The summed E-state index contributed by atoms with van der Waals surface area (Å²) in [5, 5.41) is 0. The third-order valence-corrected chi connectivity index (χ3v) is 4.86. The molecule has 6 heteroatoms. The summed E-state index contributed by atoms with van der Waals surface area (Å²) in [6, 6.07) is 5.41. The van der Waals surface area contributed by atoms with E-state index in [-0.39, 0.29) is 12.4 Å². The Balaban J connectivity index is 2.36. The van der Waals surface area contributed by atoms with Crippen LogP contribution in [0.5, 0.6) is 0 Å². The molecule has 5 nitrogen and oxygen atoms in total. The highest BCUT2D eigenvalue weighted by molar-refractivity contribution is 7.92. The van der Waals surface area contributed by atoms with Crippen LogP contribution in [0.2, 0.25) is 0 Å². The first-order valence-electron chi connectivity index (χ1n) is 5.93. The summed E-state index contributed by atoms with van der Waals surface area (Å²) in [6.45, 7) is 0.721. The molecule has 0 bridgehead atoms. The van der Waals surface area contributed by atoms with E-state index in [1.807, 2.05) is 12.1 Å². The number of sulfonamides is 1. The smallest absolute Gasteiger partial charge is 0.237 e. The molecule has 1 heterocycles. The summed E-state index contributed by atoms with van der Waals surface area (Å²) in [5.74, 6) is -0.00224. The van der Waals surface area contributed by atoms with Crippen LogP contribution >= 0.6 is 0 Å². The van der Waals surface area contributed by atoms with Gasteiger partial charge in [-0.15, -0.1) is 0 Å². The molecule has 0 aromatic heterocycles. The first-order chi connectivity index (χ1) is 8.56. The standard InChI is InChI=1S/C12H18N2O3S/c1-17-8-9-18(15,16)14-7-3-4-10-11(13)5-2-6-12(10)14/h2,5-6H,3-4,7-9,13H2,1H3. The molecule has 18 heavy (non-hydrogen) atoms. The van der Waals surface area contributed by atoms with Crippen molar-refractivity contribution in [2.75, 3.05) is 36.1 Å². The second kappa shape index (κ2) is 5.16. The van der Waals surface area contributed by atoms with Gasteiger partial charge in [-0.3, -0.25) is 4.31 Å². The van der Waals surface area contributed by atoms with Gasteiger partial charge in [-0.2, -0.15) is 0 Å². The van der Waals surface area contributed by atoms with Crippen LogP contribution in [0.25, 0.3) is 0 Å². The van der Waals surface area contributed by atoms with Crippen LogP contribution in [0.15, 0.2) is 18.2 Å². The molecule has 2 rings (SSSR count). The van der Waals surface area contributed by atoms with Gasteiger partial charge in [0, 0.05) is 19.3 Å². The van der Waals surface area contributed by atoms with Crippen LogP contribution in [0, 0.1) is 0 Å². The van der Waals surface area contributed by atoms with Gasteiger partial charge in [0.05, 0.1) is 18.0 Å². The van der Waals surface area contributed by atoms with Crippen LogP contribution in [0.3, 0.4) is 0 Å². The molecule has 1 aliphatic heterocycles. The summed E-state index contributed by atoms with van der Waals surface area (Å²) in [4.78, 5) is 0. The number of nitrogen functional groups attached to an aromatic ring is 1. The Bertz CT molecular complexity index is 528. The fourth-order valence-electron chi connectivity index (χ4n) is 2.21. The average molecular weight is 270 g/mol. The van der Waals surface area contributed by atoms with Crippen molar-refractivity contribution >= 4 is 21.4 Å². The number of fused-ring (bicyclic) bond motifs is 1. The molecule has 0 amide bonds. The lowest BCUT2D eigenvalue weighted by molar-refractivity contribution is 0.217. The normalized spacial score (nSPS) is 15.5. The van der Waals surface area contributed by atoms with Gasteiger partial charge in [0.1, 0.15) is 0 Å². The quantitative estimate of drug-likeness (QED) is 0.828. The van der Waals surface area contributed by atoms with E-state index < -0.39 is 10.0 Å².